The molecule has 6 N–H and O–H groups in total. The number of piperidine rings is 1. The molecule has 0 bridgehead atoms. The highest BCUT2D eigenvalue weighted by molar-refractivity contribution is 5.77. The van der Waals surface area contributed by atoms with E-state index in [0.29, 0.717) is 18.6 Å². The molecule has 0 aromatic rings. The van der Waals surface area contributed by atoms with Gasteiger partial charge < -0.3 is 16.0 Å². The molecule has 0 spiro atoms. The van der Waals surface area contributed by atoms with E-state index >= 15 is 0 Å². The predicted octanol–water partition coefficient (Wildman–Crippen LogP) is -1.44. The lowest BCUT2D eigenvalue weighted by atomic mass is 9.95. The lowest BCUT2D eigenvalue weighted by Gasteiger charge is -2.48. The summed E-state index contributed by atoms with van der Waals surface area (Å²) in [6.07, 6.45) is 4.87. The van der Waals surface area contributed by atoms with Gasteiger partial charge in [0.05, 0.1) is 12.1 Å². The van der Waals surface area contributed by atoms with Crippen LogP contribution in [0.15, 0.2) is 0 Å². The van der Waals surface area contributed by atoms with E-state index in [2.05, 4.69) is 33.1 Å². The van der Waals surface area contributed by atoms with Crippen molar-refractivity contribution in [1.29, 1.82) is 0 Å². The first kappa shape index (κ1) is 21.0. The first-order chi connectivity index (χ1) is 13.9. The number of carbonyl (C=O) groups is 2. The Bertz CT molecular complexity index is 606. The number of hydrogen-bond donors (Lipinski definition) is 5. The Kier molecular flexibility index (Phi) is 6.41. The number of amides is 2. The fraction of sp³-hybridized carbons (Fsp3) is 0.900. The van der Waals surface area contributed by atoms with Crippen LogP contribution in [0.2, 0.25) is 0 Å². The molecule has 3 heterocycles. The molecule has 0 radical (unpaired) electrons. The molecule has 2 amide bonds. The van der Waals surface area contributed by atoms with Crippen LogP contribution >= 0.6 is 0 Å². The third kappa shape index (κ3) is 4.91. The van der Waals surface area contributed by atoms with E-state index in [1.165, 1.54) is 19.3 Å². The van der Waals surface area contributed by atoms with Crippen LogP contribution in [0.4, 0.5) is 0 Å². The third-order valence-electron chi connectivity index (χ3n) is 7.15. The van der Waals surface area contributed by atoms with Gasteiger partial charge in [-0.05, 0) is 38.5 Å². The quantitative estimate of drug-likeness (QED) is 0.379. The number of piperazine rings is 1. The summed E-state index contributed by atoms with van der Waals surface area (Å²) in [7, 11) is 0. The van der Waals surface area contributed by atoms with E-state index in [0.717, 1.165) is 38.5 Å². The normalized spacial score (nSPS) is 39.3. The van der Waals surface area contributed by atoms with Crippen LogP contribution in [0.1, 0.15) is 39.5 Å². The van der Waals surface area contributed by atoms with E-state index in [1.807, 2.05) is 4.90 Å². The summed E-state index contributed by atoms with van der Waals surface area (Å²) in [6, 6.07) is 1.25. The van der Waals surface area contributed by atoms with Crippen LogP contribution in [0.25, 0.3) is 0 Å². The minimum absolute atomic E-state index is 0.0389. The van der Waals surface area contributed by atoms with Crippen molar-refractivity contribution in [3.05, 3.63) is 0 Å². The molecular weight excluding hydrogens is 370 g/mol. The zero-order valence-corrected chi connectivity index (χ0v) is 17.7. The Labute approximate surface area is 173 Å². The molecule has 4 rings (SSSR count). The Morgan fingerprint density at radius 1 is 1.07 bits per heavy atom. The molecule has 0 aromatic heterocycles. The van der Waals surface area contributed by atoms with E-state index in [9.17, 15) is 9.59 Å². The summed E-state index contributed by atoms with van der Waals surface area (Å²) in [5, 5.41) is 14.4. The number of hydrogen-bond acceptors (Lipinski definition) is 7. The number of nitrogens with one attached hydrogen (secondary N) is 4. The maximum Gasteiger partial charge on any atom is 0.224 e. The van der Waals surface area contributed by atoms with Crippen molar-refractivity contribution in [1.82, 2.24) is 31.1 Å². The predicted molar refractivity (Wildman–Crippen MR) is 110 cm³/mol. The van der Waals surface area contributed by atoms with Gasteiger partial charge in [0.2, 0.25) is 11.8 Å². The zero-order chi connectivity index (χ0) is 20.5. The van der Waals surface area contributed by atoms with Gasteiger partial charge in [-0.25, -0.2) is 0 Å². The number of carbonyl (C=O) groups excluding carboxylic acids is 2. The molecule has 1 aliphatic carbocycles. The highest BCUT2D eigenvalue weighted by Crippen LogP contribution is 2.35. The van der Waals surface area contributed by atoms with Crippen LogP contribution in [0.3, 0.4) is 0 Å². The molecule has 3 aliphatic heterocycles. The number of nitrogens with two attached hydrogens (primary N) is 1. The highest BCUT2D eigenvalue weighted by Gasteiger charge is 2.40. The standard InChI is InChI=1S/C20H37N7O2/c1-12-11-26(13(2)28)7-8-27(12)20-23-10-16(18(21)29)19(25-20)24-15-5-6-17(22-9-15)14-3-4-14/h12,14-17,19-20,22-25H,3-11H2,1-2H3,(H2,21,29). The molecule has 0 aromatic carbocycles. The van der Waals surface area contributed by atoms with Gasteiger partial charge in [0.25, 0.3) is 0 Å². The fourth-order valence-corrected chi connectivity index (χ4v) is 5.16. The molecular formula is C20H37N7O2. The summed E-state index contributed by atoms with van der Waals surface area (Å²) in [5.41, 5.74) is 5.70. The number of nitrogens with zero attached hydrogens (tertiary/aromatic N) is 2. The average molecular weight is 408 g/mol. The zero-order valence-electron chi connectivity index (χ0n) is 17.7. The van der Waals surface area contributed by atoms with Gasteiger partial charge in [-0.1, -0.05) is 0 Å². The number of rotatable bonds is 5. The number of primary amides is 1. The fourth-order valence-electron chi connectivity index (χ4n) is 5.16. The van der Waals surface area contributed by atoms with Gasteiger partial charge in [-0.2, -0.15) is 0 Å². The van der Waals surface area contributed by atoms with E-state index in [4.69, 9.17) is 5.73 Å². The largest absolute Gasteiger partial charge is 0.369 e. The monoisotopic (exact) mass is 407 g/mol. The minimum atomic E-state index is -0.291. The molecule has 3 saturated heterocycles. The van der Waals surface area contributed by atoms with Crippen molar-refractivity contribution in [2.45, 2.75) is 70.1 Å². The van der Waals surface area contributed by atoms with Crippen LogP contribution < -0.4 is 27.0 Å². The van der Waals surface area contributed by atoms with Gasteiger partial charge in [-0.3, -0.25) is 30.4 Å². The maximum absolute atomic E-state index is 12.1. The Morgan fingerprint density at radius 3 is 2.45 bits per heavy atom. The van der Waals surface area contributed by atoms with Crippen LogP contribution in [0, 0.1) is 11.8 Å². The smallest absolute Gasteiger partial charge is 0.224 e. The summed E-state index contributed by atoms with van der Waals surface area (Å²) in [4.78, 5) is 28.0. The molecule has 9 nitrogen and oxygen atoms in total. The Morgan fingerprint density at radius 2 is 1.86 bits per heavy atom. The highest BCUT2D eigenvalue weighted by atomic mass is 16.2. The topological polar surface area (TPSA) is 115 Å². The summed E-state index contributed by atoms with van der Waals surface area (Å²) in [5.74, 6) is 0.436. The summed E-state index contributed by atoms with van der Waals surface area (Å²) < 4.78 is 0. The molecule has 6 unspecified atom stereocenters. The van der Waals surface area contributed by atoms with Crippen LogP contribution in [0.5, 0.6) is 0 Å². The second-order valence-electron chi connectivity index (χ2n) is 9.31. The van der Waals surface area contributed by atoms with E-state index in [1.54, 1.807) is 6.92 Å². The lowest BCUT2D eigenvalue weighted by molar-refractivity contribution is -0.134. The lowest BCUT2D eigenvalue weighted by Crippen LogP contribution is -2.74. The van der Waals surface area contributed by atoms with E-state index < -0.39 is 0 Å². The molecule has 4 fully saturated rings. The molecule has 29 heavy (non-hydrogen) atoms. The molecule has 6 atom stereocenters. The Hall–Kier alpha value is -1.26. The molecule has 4 aliphatic rings. The van der Waals surface area contributed by atoms with Crippen molar-refractivity contribution < 1.29 is 9.59 Å². The van der Waals surface area contributed by atoms with Crippen LogP contribution in [-0.4, -0.2) is 84.9 Å². The summed E-state index contributed by atoms with van der Waals surface area (Å²) >= 11 is 0. The second-order valence-corrected chi connectivity index (χ2v) is 9.31. The van der Waals surface area contributed by atoms with Crippen molar-refractivity contribution in [2.75, 3.05) is 32.7 Å². The third-order valence-corrected chi connectivity index (χ3v) is 7.15. The van der Waals surface area contributed by atoms with Gasteiger partial charge >= 0.3 is 0 Å². The van der Waals surface area contributed by atoms with Gasteiger partial charge in [-0.15, -0.1) is 0 Å². The maximum atomic E-state index is 12.1. The van der Waals surface area contributed by atoms with Crippen LogP contribution in [-0.2, 0) is 9.59 Å². The second kappa shape index (κ2) is 8.85. The van der Waals surface area contributed by atoms with Crippen molar-refractivity contribution in [3.8, 4) is 0 Å². The van der Waals surface area contributed by atoms with Crippen molar-refractivity contribution in [3.63, 3.8) is 0 Å². The van der Waals surface area contributed by atoms with Gasteiger partial charge in [0.15, 0.2) is 0 Å². The Balaban J connectivity index is 1.34. The SMILES string of the molecule is CC(=O)N1CCN(C2NCC(C(N)=O)C(NC3CCC(C4CC4)NC3)N2)C(C)C1. The van der Waals surface area contributed by atoms with Gasteiger partial charge in [0, 0.05) is 57.8 Å². The molecule has 164 valence electrons. The van der Waals surface area contributed by atoms with Gasteiger partial charge in [0.1, 0.15) is 6.29 Å². The first-order valence-corrected chi connectivity index (χ1v) is 11.2. The molecule has 9 heteroatoms. The van der Waals surface area contributed by atoms with Crippen molar-refractivity contribution >= 4 is 11.8 Å². The average Bonchev–Trinajstić information content (AvgIpc) is 3.53. The minimum Gasteiger partial charge on any atom is -0.369 e. The van der Waals surface area contributed by atoms with Crippen molar-refractivity contribution in [2.24, 2.45) is 17.6 Å². The molecule has 1 saturated carbocycles. The summed E-state index contributed by atoms with van der Waals surface area (Å²) in [6.45, 7) is 7.51. The first-order valence-electron chi connectivity index (χ1n) is 11.2. The van der Waals surface area contributed by atoms with E-state index in [-0.39, 0.29) is 36.2 Å².